The average Bonchev–Trinajstić information content (AvgIpc) is 2.28. The summed E-state index contributed by atoms with van der Waals surface area (Å²) >= 11 is 3.35. The zero-order valence-corrected chi connectivity index (χ0v) is 11.8. The molecule has 0 unspecified atom stereocenters. The van der Waals surface area contributed by atoms with Gasteiger partial charge in [0.1, 0.15) is 5.82 Å². The molecule has 0 saturated carbocycles. The predicted molar refractivity (Wildman–Crippen MR) is 75.8 cm³/mol. The first-order chi connectivity index (χ1) is 8.58. The quantitative estimate of drug-likeness (QED) is 0.919. The third kappa shape index (κ3) is 2.76. The first kappa shape index (κ1) is 12.8. The van der Waals surface area contributed by atoms with Crippen LogP contribution in [-0.4, -0.2) is 10.9 Å². The monoisotopic (exact) mass is 304 g/mol. The standard InChI is InChI=1S/C14H13BrN2O/c1-9-4-3-5-10(2)13(9)14(18)17-12-8-11(15)6-7-16-12/h3-8H,1-2H3,(H,16,17,18). The lowest BCUT2D eigenvalue weighted by atomic mass is 10.0. The minimum Gasteiger partial charge on any atom is -0.307 e. The van der Waals surface area contributed by atoms with Crippen molar-refractivity contribution in [2.45, 2.75) is 13.8 Å². The smallest absolute Gasteiger partial charge is 0.257 e. The second-order valence-electron chi connectivity index (χ2n) is 4.08. The van der Waals surface area contributed by atoms with E-state index >= 15 is 0 Å². The van der Waals surface area contributed by atoms with Gasteiger partial charge in [0.05, 0.1) is 0 Å². The fourth-order valence-electron chi connectivity index (χ4n) is 1.82. The highest BCUT2D eigenvalue weighted by atomic mass is 79.9. The van der Waals surface area contributed by atoms with Crippen molar-refractivity contribution in [3.8, 4) is 0 Å². The van der Waals surface area contributed by atoms with E-state index in [2.05, 4.69) is 26.2 Å². The molecule has 1 aromatic heterocycles. The van der Waals surface area contributed by atoms with Crippen molar-refractivity contribution in [3.05, 3.63) is 57.7 Å². The first-order valence-electron chi connectivity index (χ1n) is 5.57. The molecule has 2 rings (SSSR count). The minimum absolute atomic E-state index is 0.129. The van der Waals surface area contributed by atoms with E-state index in [9.17, 15) is 4.79 Å². The molecule has 0 saturated heterocycles. The molecule has 18 heavy (non-hydrogen) atoms. The Morgan fingerprint density at radius 2 is 1.89 bits per heavy atom. The fourth-order valence-corrected chi connectivity index (χ4v) is 2.16. The number of rotatable bonds is 2. The van der Waals surface area contributed by atoms with Gasteiger partial charge in [0.15, 0.2) is 0 Å². The molecular formula is C14H13BrN2O. The molecule has 1 heterocycles. The Morgan fingerprint density at radius 3 is 2.50 bits per heavy atom. The third-order valence-corrected chi connectivity index (χ3v) is 3.17. The predicted octanol–water partition coefficient (Wildman–Crippen LogP) is 3.71. The summed E-state index contributed by atoms with van der Waals surface area (Å²) in [6, 6.07) is 9.38. The molecule has 1 N–H and O–H groups in total. The highest BCUT2D eigenvalue weighted by molar-refractivity contribution is 9.10. The van der Waals surface area contributed by atoms with Crippen LogP contribution in [0.5, 0.6) is 0 Å². The first-order valence-corrected chi connectivity index (χ1v) is 6.36. The lowest BCUT2D eigenvalue weighted by Gasteiger charge is -2.09. The van der Waals surface area contributed by atoms with Crippen LogP contribution in [0.2, 0.25) is 0 Å². The number of nitrogens with one attached hydrogen (secondary N) is 1. The van der Waals surface area contributed by atoms with Crippen LogP contribution in [0.15, 0.2) is 41.0 Å². The van der Waals surface area contributed by atoms with Crippen LogP contribution < -0.4 is 5.32 Å². The zero-order valence-electron chi connectivity index (χ0n) is 10.2. The average molecular weight is 305 g/mol. The van der Waals surface area contributed by atoms with Crippen molar-refractivity contribution in [1.82, 2.24) is 4.98 Å². The van der Waals surface area contributed by atoms with Crippen molar-refractivity contribution >= 4 is 27.7 Å². The molecule has 0 spiro atoms. The van der Waals surface area contributed by atoms with Gasteiger partial charge in [-0.25, -0.2) is 4.98 Å². The SMILES string of the molecule is Cc1cccc(C)c1C(=O)Nc1cc(Br)ccn1. The number of hydrogen-bond donors (Lipinski definition) is 1. The highest BCUT2D eigenvalue weighted by Crippen LogP contribution is 2.17. The Hall–Kier alpha value is -1.68. The van der Waals surface area contributed by atoms with Gasteiger partial charge in [-0.1, -0.05) is 34.1 Å². The van der Waals surface area contributed by atoms with Gasteiger partial charge in [-0.15, -0.1) is 0 Å². The number of nitrogens with zero attached hydrogens (tertiary/aromatic N) is 1. The Kier molecular flexibility index (Phi) is 3.77. The van der Waals surface area contributed by atoms with Crippen LogP contribution in [0.1, 0.15) is 21.5 Å². The zero-order chi connectivity index (χ0) is 13.1. The van der Waals surface area contributed by atoms with Gasteiger partial charge in [-0.05, 0) is 37.1 Å². The second-order valence-corrected chi connectivity index (χ2v) is 5.00. The van der Waals surface area contributed by atoms with Crippen molar-refractivity contribution in [3.63, 3.8) is 0 Å². The molecule has 0 fully saturated rings. The van der Waals surface area contributed by atoms with E-state index in [-0.39, 0.29) is 5.91 Å². The van der Waals surface area contributed by atoms with Gasteiger partial charge >= 0.3 is 0 Å². The summed E-state index contributed by atoms with van der Waals surface area (Å²) < 4.78 is 0.884. The van der Waals surface area contributed by atoms with Crippen molar-refractivity contribution in [1.29, 1.82) is 0 Å². The number of hydrogen-bond acceptors (Lipinski definition) is 2. The number of carbonyl (C=O) groups excluding carboxylic acids is 1. The van der Waals surface area contributed by atoms with Crippen molar-refractivity contribution in [2.75, 3.05) is 5.32 Å². The molecule has 0 bridgehead atoms. The molecule has 0 atom stereocenters. The van der Waals surface area contributed by atoms with E-state index in [0.29, 0.717) is 11.4 Å². The Morgan fingerprint density at radius 1 is 1.22 bits per heavy atom. The summed E-state index contributed by atoms with van der Waals surface area (Å²) in [4.78, 5) is 16.3. The maximum Gasteiger partial charge on any atom is 0.257 e. The molecule has 1 aromatic carbocycles. The fraction of sp³-hybridized carbons (Fsp3) is 0.143. The van der Waals surface area contributed by atoms with Gasteiger partial charge in [0.2, 0.25) is 0 Å². The summed E-state index contributed by atoms with van der Waals surface area (Å²) in [7, 11) is 0. The summed E-state index contributed by atoms with van der Waals surface area (Å²) in [5.74, 6) is 0.410. The highest BCUT2D eigenvalue weighted by Gasteiger charge is 2.12. The molecule has 1 amide bonds. The number of carbonyl (C=O) groups is 1. The van der Waals surface area contributed by atoms with Gasteiger partial charge in [-0.2, -0.15) is 0 Å². The van der Waals surface area contributed by atoms with E-state index in [1.165, 1.54) is 0 Å². The van der Waals surface area contributed by atoms with Crippen LogP contribution in [0.25, 0.3) is 0 Å². The molecule has 0 aliphatic carbocycles. The number of aryl methyl sites for hydroxylation is 2. The van der Waals surface area contributed by atoms with Gasteiger partial charge < -0.3 is 5.32 Å². The molecule has 0 aliphatic rings. The maximum absolute atomic E-state index is 12.2. The summed E-state index contributed by atoms with van der Waals surface area (Å²) in [6.45, 7) is 3.85. The molecule has 2 aromatic rings. The molecule has 0 radical (unpaired) electrons. The number of pyridine rings is 1. The van der Waals surface area contributed by atoms with Gasteiger partial charge in [0.25, 0.3) is 5.91 Å². The third-order valence-electron chi connectivity index (χ3n) is 2.67. The molecule has 0 aliphatic heterocycles. The second kappa shape index (κ2) is 5.31. The normalized spacial score (nSPS) is 10.2. The maximum atomic E-state index is 12.2. The Bertz CT molecular complexity index is 576. The molecule has 92 valence electrons. The van der Waals surface area contributed by atoms with Gasteiger partial charge in [0, 0.05) is 16.2 Å². The lowest BCUT2D eigenvalue weighted by molar-refractivity contribution is 0.102. The molecule has 4 heteroatoms. The topological polar surface area (TPSA) is 42.0 Å². The Balaban J connectivity index is 2.28. The minimum atomic E-state index is -0.129. The number of benzene rings is 1. The van der Waals surface area contributed by atoms with E-state index in [4.69, 9.17) is 0 Å². The lowest BCUT2D eigenvalue weighted by Crippen LogP contribution is -2.15. The number of amides is 1. The van der Waals surface area contributed by atoms with Crippen LogP contribution in [0, 0.1) is 13.8 Å². The summed E-state index contributed by atoms with van der Waals surface area (Å²) in [5, 5.41) is 2.80. The van der Waals surface area contributed by atoms with E-state index in [1.54, 1.807) is 12.3 Å². The van der Waals surface area contributed by atoms with E-state index < -0.39 is 0 Å². The van der Waals surface area contributed by atoms with Crippen LogP contribution in [-0.2, 0) is 0 Å². The van der Waals surface area contributed by atoms with Crippen LogP contribution in [0.4, 0.5) is 5.82 Å². The largest absolute Gasteiger partial charge is 0.307 e. The molecule has 3 nitrogen and oxygen atoms in total. The van der Waals surface area contributed by atoms with Crippen LogP contribution in [0.3, 0.4) is 0 Å². The summed E-state index contributed by atoms with van der Waals surface area (Å²) in [5.41, 5.74) is 2.63. The van der Waals surface area contributed by atoms with E-state index in [0.717, 1.165) is 15.6 Å². The van der Waals surface area contributed by atoms with E-state index in [1.807, 2.05) is 38.1 Å². The Labute approximate surface area is 114 Å². The van der Waals surface area contributed by atoms with Crippen molar-refractivity contribution in [2.24, 2.45) is 0 Å². The number of aromatic nitrogens is 1. The van der Waals surface area contributed by atoms with Crippen molar-refractivity contribution < 1.29 is 4.79 Å². The van der Waals surface area contributed by atoms with Crippen LogP contribution >= 0.6 is 15.9 Å². The number of anilines is 1. The number of halogens is 1. The molecular weight excluding hydrogens is 292 g/mol. The van der Waals surface area contributed by atoms with Gasteiger partial charge in [-0.3, -0.25) is 4.79 Å². The summed E-state index contributed by atoms with van der Waals surface area (Å²) in [6.07, 6.45) is 1.64.